The first-order valence-electron chi connectivity index (χ1n) is 7.11. The van der Waals surface area contributed by atoms with Gasteiger partial charge in [0.2, 0.25) is 0 Å². The summed E-state index contributed by atoms with van der Waals surface area (Å²) in [6, 6.07) is 2.30. The molecule has 8 heteroatoms. The summed E-state index contributed by atoms with van der Waals surface area (Å²) in [4.78, 5) is 27.4. The Hall–Kier alpha value is -2.22. The number of carboxylic acid groups (broad SMARTS) is 1. The normalized spacial score (nSPS) is 12.3. The third kappa shape index (κ3) is 4.38. The van der Waals surface area contributed by atoms with Gasteiger partial charge in [-0.25, -0.2) is 9.78 Å². The van der Waals surface area contributed by atoms with Crippen molar-refractivity contribution in [2.24, 2.45) is 13.0 Å². The van der Waals surface area contributed by atoms with Crippen LogP contribution in [-0.2, 0) is 17.6 Å². The summed E-state index contributed by atoms with van der Waals surface area (Å²) in [5, 5.41) is 12.4. The Kier molecular flexibility index (Phi) is 5.49. The van der Waals surface area contributed by atoms with Gasteiger partial charge in [-0.2, -0.15) is 0 Å². The summed E-state index contributed by atoms with van der Waals surface area (Å²) >= 11 is 1.49. The Balaban J connectivity index is 1.97. The molecule has 23 heavy (non-hydrogen) atoms. The lowest BCUT2D eigenvalue weighted by Gasteiger charge is -2.16. The zero-order valence-corrected chi connectivity index (χ0v) is 14.0. The summed E-state index contributed by atoms with van der Waals surface area (Å²) in [6.45, 7) is 3.46. The number of thioether (sulfide) groups is 1. The number of imidazole rings is 1. The molecular formula is C15H19N3O4S. The molecule has 124 valence electrons. The van der Waals surface area contributed by atoms with E-state index in [9.17, 15) is 9.59 Å². The van der Waals surface area contributed by atoms with Crippen LogP contribution in [0.3, 0.4) is 0 Å². The van der Waals surface area contributed by atoms with Crippen LogP contribution in [0.15, 0.2) is 34.1 Å². The van der Waals surface area contributed by atoms with E-state index in [2.05, 4.69) is 10.3 Å². The Bertz CT molecular complexity index is 692. The minimum atomic E-state index is -1.06. The van der Waals surface area contributed by atoms with E-state index in [1.165, 1.54) is 11.8 Å². The van der Waals surface area contributed by atoms with Crippen molar-refractivity contribution in [2.75, 3.05) is 0 Å². The number of hydrogen-bond acceptors (Lipinski definition) is 5. The van der Waals surface area contributed by atoms with Crippen LogP contribution in [0.5, 0.6) is 0 Å². The van der Waals surface area contributed by atoms with Crippen LogP contribution in [0.2, 0.25) is 0 Å². The van der Waals surface area contributed by atoms with Crippen LogP contribution in [0.1, 0.15) is 30.2 Å². The highest BCUT2D eigenvalue weighted by Gasteiger charge is 2.25. The van der Waals surface area contributed by atoms with Crippen LogP contribution >= 0.6 is 11.8 Å². The van der Waals surface area contributed by atoms with Crippen molar-refractivity contribution >= 4 is 23.6 Å². The third-order valence-electron chi connectivity index (χ3n) is 3.23. The first kappa shape index (κ1) is 17.1. The number of hydrogen-bond donors (Lipinski definition) is 2. The topological polar surface area (TPSA) is 97.4 Å². The largest absolute Gasteiger partial charge is 0.480 e. The van der Waals surface area contributed by atoms with E-state index in [1.807, 2.05) is 17.8 Å². The van der Waals surface area contributed by atoms with E-state index < -0.39 is 17.9 Å². The lowest BCUT2D eigenvalue weighted by Crippen LogP contribution is -2.44. The standard InChI is InChI=1S/C15H19N3O4S/c1-9(2)12(14(20)21)17-13(19)11-5-4-10(22-11)8-23-15-16-6-7-18(15)3/h4-7,9,12H,8H2,1-3H3,(H,17,19)(H,20,21)/t12-/m0/s1. The van der Waals surface area contributed by atoms with Gasteiger partial charge in [0.1, 0.15) is 11.8 Å². The second-order valence-corrected chi connectivity index (χ2v) is 6.35. The van der Waals surface area contributed by atoms with Gasteiger partial charge in [0.05, 0.1) is 5.75 Å². The molecule has 2 rings (SSSR count). The smallest absolute Gasteiger partial charge is 0.326 e. The molecule has 0 saturated heterocycles. The highest BCUT2D eigenvalue weighted by Crippen LogP contribution is 2.22. The number of nitrogens with one attached hydrogen (secondary N) is 1. The minimum Gasteiger partial charge on any atom is -0.480 e. The molecule has 2 aromatic heterocycles. The highest BCUT2D eigenvalue weighted by molar-refractivity contribution is 7.98. The molecule has 0 fully saturated rings. The molecule has 0 aliphatic carbocycles. The first-order valence-corrected chi connectivity index (χ1v) is 8.09. The summed E-state index contributed by atoms with van der Waals surface area (Å²) in [5.41, 5.74) is 0. The van der Waals surface area contributed by atoms with Crippen molar-refractivity contribution in [1.82, 2.24) is 14.9 Å². The Morgan fingerprint density at radius 2 is 2.17 bits per heavy atom. The molecular weight excluding hydrogens is 318 g/mol. The molecule has 2 heterocycles. The molecule has 2 N–H and O–H groups in total. The van der Waals surface area contributed by atoms with Crippen molar-refractivity contribution in [1.29, 1.82) is 0 Å². The van der Waals surface area contributed by atoms with Crippen molar-refractivity contribution < 1.29 is 19.1 Å². The highest BCUT2D eigenvalue weighted by atomic mass is 32.2. The lowest BCUT2D eigenvalue weighted by atomic mass is 10.0. The SMILES string of the molecule is CC(C)[C@H](NC(=O)c1ccc(CSc2nccn2C)o1)C(=O)O. The number of carboxylic acids is 1. The average Bonchev–Trinajstić information content (AvgIpc) is 3.10. The third-order valence-corrected chi connectivity index (χ3v) is 4.31. The van der Waals surface area contributed by atoms with Crippen LogP contribution in [0.4, 0.5) is 0 Å². The summed E-state index contributed by atoms with van der Waals surface area (Å²) in [7, 11) is 1.90. The van der Waals surface area contributed by atoms with E-state index in [0.29, 0.717) is 11.5 Å². The van der Waals surface area contributed by atoms with Crippen molar-refractivity contribution in [3.05, 3.63) is 36.0 Å². The second kappa shape index (κ2) is 7.36. The number of aryl methyl sites for hydroxylation is 1. The van der Waals surface area contributed by atoms with Gasteiger partial charge in [-0.05, 0) is 18.1 Å². The van der Waals surface area contributed by atoms with Crippen molar-refractivity contribution in [2.45, 2.75) is 30.8 Å². The predicted octanol–water partition coefficient (Wildman–Crippen LogP) is 2.14. The number of carbonyl (C=O) groups is 2. The van der Waals surface area contributed by atoms with Gasteiger partial charge >= 0.3 is 5.97 Å². The Morgan fingerprint density at radius 1 is 1.43 bits per heavy atom. The molecule has 7 nitrogen and oxygen atoms in total. The number of amides is 1. The van der Waals surface area contributed by atoms with E-state index in [4.69, 9.17) is 9.52 Å². The van der Waals surface area contributed by atoms with Crippen LogP contribution in [0.25, 0.3) is 0 Å². The molecule has 0 radical (unpaired) electrons. The Labute approximate surface area is 138 Å². The fourth-order valence-electron chi connectivity index (χ4n) is 1.93. The van der Waals surface area contributed by atoms with Crippen LogP contribution in [-0.4, -0.2) is 32.6 Å². The van der Waals surface area contributed by atoms with Gasteiger partial charge in [-0.1, -0.05) is 25.6 Å². The maximum atomic E-state index is 12.1. The second-order valence-electron chi connectivity index (χ2n) is 5.41. The van der Waals surface area contributed by atoms with E-state index >= 15 is 0 Å². The number of furan rings is 1. The predicted molar refractivity (Wildman–Crippen MR) is 85.2 cm³/mol. The van der Waals surface area contributed by atoms with Gasteiger partial charge in [0.15, 0.2) is 10.9 Å². The lowest BCUT2D eigenvalue weighted by molar-refractivity contribution is -0.140. The molecule has 0 bridgehead atoms. The van der Waals surface area contributed by atoms with E-state index in [-0.39, 0.29) is 11.7 Å². The van der Waals surface area contributed by atoms with E-state index in [0.717, 1.165) is 5.16 Å². The van der Waals surface area contributed by atoms with Crippen LogP contribution < -0.4 is 5.32 Å². The number of carbonyl (C=O) groups excluding carboxylic acids is 1. The quantitative estimate of drug-likeness (QED) is 0.751. The number of aliphatic carboxylic acids is 1. The molecule has 1 atom stereocenters. The van der Waals surface area contributed by atoms with E-state index in [1.54, 1.807) is 32.2 Å². The molecule has 0 unspecified atom stereocenters. The molecule has 0 aliphatic heterocycles. The molecule has 0 aliphatic rings. The van der Waals surface area contributed by atoms with Crippen molar-refractivity contribution in [3.63, 3.8) is 0 Å². The first-order chi connectivity index (χ1) is 10.9. The molecule has 2 aromatic rings. The maximum absolute atomic E-state index is 12.1. The van der Waals surface area contributed by atoms with Gasteiger partial charge in [0, 0.05) is 19.4 Å². The van der Waals surface area contributed by atoms with Gasteiger partial charge in [-0.3, -0.25) is 4.79 Å². The van der Waals surface area contributed by atoms with Gasteiger partial charge in [0.25, 0.3) is 5.91 Å². The summed E-state index contributed by atoms with van der Waals surface area (Å²) in [5.74, 6) is -0.549. The molecule has 0 saturated carbocycles. The fraction of sp³-hybridized carbons (Fsp3) is 0.400. The molecule has 1 amide bonds. The van der Waals surface area contributed by atoms with Gasteiger partial charge < -0.3 is 19.4 Å². The number of aromatic nitrogens is 2. The minimum absolute atomic E-state index is 0.104. The zero-order valence-electron chi connectivity index (χ0n) is 13.1. The van der Waals surface area contributed by atoms with Gasteiger partial charge in [-0.15, -0.1) is 0 Å². The maximum Gasteiger partial charge on any atom is 0.326 e. The number of rotatable bonds is 7. The fourth-order valence-corrected chi connectivity index (χ4v) is 2.76. The molecule has 0 aromatic carbocycles. The zero-order chi connectivity index (χ0) is 17.0. The van der Waals surface area contributed by atoms with Crippen molar-refractivity contribution in [3.8, 4) is 0 Å². The number of nitrogens with zero attached hydrogens (tertiary/aromatic N) is 2. The Morgan fingerprint density at radius 3 is 2.74 bits per heavy atom. The average molecular weight is 337 g/mol. The summed E-state index contributed by atoms with van der Waals surface area (Å²) < 4.78 is 7.37. The monoisotopic (exact) mass is 337 g/mol. The van der Waals surface area contributed by atoms with Crippen LogP contribution in [0, 0.1) is 5.92 Å². The molecule has 0 spiro atoms. The summed E-state index contributed by atoms with van der Waals surface area (Å²) in [6.07, 6.45) is 3.56.